The van der Waals surface area contributed by atoms with Gasteiger partial charge in [-0.25, -0.2) is 4.79 Å². The molecule has 4 saturated heterocycles. The van der Waals surface area contributed by atoms with Gasteiger partial charge in [-0.15, -0.1) is 0 Å². The number of carbonyl (C=O) groups is 3. The minimum atomic E-state index is -3.10. The topological polar surface area (TPSA) is 394 Å². The minimum Gasteiger partial charge on any atom is -0.477 e. The van der Waals surface area contributed by atoms with Crippen LogP contribution in [-0.4, -0.2) is 226 Å². The third-order valence-corrected chi connectivity index (χ3v) is 10.5. The SMILES string of the molecule is CC(=O)NC1C(O)OC(CO)C(CC2OC(C)C(O)C(O)C2O)C1OC1OC(CO)C(O)C(OC2(C(=O)O)CC(O)C(NC(C)=O)C([C@H](O)[C@H](O)CO)O2)C1O. The van der Waals surface area contributed by atoms with Crippen molar-refractivity contribution in [2.24, 2.45) is 5.92 Å². The molecule has 0 aromatic carbocycles. The molecule has 0 aromatic heterocycles. The Morgan fingerprint density at radius 3 is 1.93 bits per heavy atom. The number of nitrogens with one attached hydrogen (secondary N) is 2. The molecule has 0 aliphatic carbocycles. The molecule has 0 radical (unpaired) electrons. The van der Waals surface area contributed by atoms with E-state index in [4.69, 9.17) is 28.4 Å². The van der Waals surface area contributed by atoms with Gasteiger partial charge in [0.1, 0.15) is 67.1 Å². The second kappa shape index (κ2) is 19.2. The molecule has 19 unspecified atom stereocenters. The predicted molar refractivity (Wildman–Crippen MR) is 176 cm³/mol. The maximum atomic E-state index is 12.9. The Morgan fingerprint density at radius 2 is 1.38 bits per heavy atom. The predicted octanol–water partition coefficient (Wildman–Crippen LogP) is -8.56. The molecule has 2 amide bonds. The van der Waals surface area contributed by atoms with Crippen molar-refractivity contribution in [3.05, 3.63) is 0 Å². The molecule has 4 aliphatic heterocycles. The number of hydrogen-bond acceptors (Lipinski definition) is 21. The highest BCUT2D eigenvalue weighted by Gasteiger charge is 2.60. The van der Waals surface area contributed by atoms with Gasteiger partial charge in [-0.05, 0) is 13.3 Å². The van der Waals surface area contributed by atoms with E-state index in [0.29, 0.717) is 0 Å². The molecule has 0 aromatic rings. The van der Waals surface area contributed by atoms with Crippen molar-refractivity contribution in [3.63, 3.8) is 0 Å². The highest BCUT2D eigenvalue weighted by molar-refractivity contribution is 5.76. The van der Waals surface area contributed by atoms with E-state index in [1.54, 1.807) is 0 Å². The maximum Gasteiger partial charge on any atom is 0.364 e. The molecule has 4 fully saturated rings. The summed E-state index contributed by atoms with van der Waals surface area (Å²) in [5, 5.41) is 142. The summed E-state index contributed by atoms with van der Waals surface area (Å²) < 4.78 is 34.4. The van der Waals surface area contributed by atoms with Crippen LogP contribution in [0.1, 0.15) is 33.6 Å². The lowest BCUT2D eigenvalue weighted by Crippen LogP contribution is -2.71. The number of aliphatic hydroxyl groups excluding tert-OH is 12. The Labute approximate surface area is 319 Å². The van der Waals surface area contributed by atoms with Gasteiger partial charge in [-0.1, -0.05) is 0 Å². The van der Waals surface area contributed by atoms with Crippen LogP contribution in [-0.2, 0) is 42.8 Å². The van der Waals surface area contributed by atoms with Crippen LogP contribution in [0.5, 0.6) is 0 Å². The Bertz CT molecular complexity index is 1330. The standard InChI is InChI=1S/C32H54N2O22/c1-9-20(42)24(46)22(44)15(51-9)4-12-16(7-36)52-29(48)19(34-11(3)39)26(12)54-30-25(47)28(23(45)17(8-37)53-30)56-32(31(49)50)5-13(40)18(33-10(2)38)27(55-32)21(43)14(41)6-35/h9,12-30,35-37,40-48H,4-8H2,1-3H3,(H,33,38)(H,34,39)(H,49,50)/t9?,12?,13?,14-,15?,16?,17?,18?,19?,20?,21-,22?,23?,24?,25?,26?,27?,28?,29?,30?,32?/m1/s1. The van der Waals surface area contributed by atoms with Gasteiger partial charge in [0.25, 0.3) is 5.79 Å². The van der Waals surface area contributed by atoms with Crippen LogP contribution >= 0.6 is 0 Å². The van der Waals surface area contributed by atoms with Gasteiger partial charge in [0.05, 0.1) is 56.4 Å². The van der Waals surface area contributed by atoms with Crippen LogP contribution in [0.3, 0.4) is 0 Å². The fourth-order valence-electron chi connectivity index (χ4n) is 7.57. The zero-order valence-corrected chi connectivity index (χ0v) is 30.6. The van der Waals surface area contributed by atoms with Crippen LogP contribution in [0.4, 0.5) is 0 Å². The van der Waals surface area contributed by atoms with E-state index < -0.39 is 172 Å². The van der Waals surface area contributed by atoms with E-state index in [1.165, 1.54) is 6.92 Å². The molecule has 24 nitrogen and oxygen atoms in total. The Balaban J connectivity index is 1.72. The van der Waals surface area contributed by atoms with Gasteiger partial charge < -0.3 is 105 Å². The molecular formula is C32H54N2O22. The molecule has 0 bridgehead atoms. The Morgan fingerprint density at radius 1 is 0.768 bits per heavy atom. The summed E-state index contributed by atoms with van der Waals surface area (Å²) in [6.07, 6.45) is -31.9. The first kappa shape index (κ1) is 46.4. The maximum absolute atomic E-state index is 12.9. The lowest BCUT2D eigenvalue weighted by Gasteiger charge is -2.51. The van der Waals surface area contributed by atoms with E-state index in [2.05, 4.69) is 10.6 Å². The van der Waals surface area contributed by atoms with Gasteiger partial charge in [-0.2, -0.15) is 0 Å². The van der Waals surface area contributed by atoms with Crippen molar-refractivity contribution in [1.29, 1.82) is 0 Å². The smallest absolute Gasteiger partial charge is 0.364 e. The van der Waals surface area contributed by atoms with E-state index in [-0.39, 0.29) is 6.42 Å². The molecule has 0 spiro atoms. The van der Waals surface area contributed by atoms with Gasteiger partial charge in [-0.3, -0.25) is 9.59 Å². The molecule has 4 aliphatic rings. The average Bonchev–Trinajstić information content (AvgIpc) is 3.14. The summed E-state index contributed by atoms with van der Waals surface area (Å²) in [5.41, 5.74) is 0. The van der Waals surface area contributed by atoms with E-state index >= 15 is 0 Å². The van der Waals surface area contributed by atoms with Crippen LogP contribution in [0.15, 0.2) is 0 Å². The van der Waals surface area contributed by atoms with Crippen molar-refractivity contribution in [2.75, 3.05) is 19.8 Å². The number of rotatable bonds is 14. The average molecular weight is 819 g/mol. The van der Waals surface area contributed by atoms with Crippen LogP contribution in [0.25, 0.3) is 0 Å². The number of aliphatic carboxylic acids is 1. The largest absolute Gasteiger partial charge is 0.477 e. The number of ether oxygens (including phenoxy) is 6. The highest BCUT2D eigenvalue weighted by atomic mass is 16.8. The van der Waals surface area contributed by atoms with Crippen molar-refractivity contribution >= 4 is 17.8 Å². The quantitative estimate of drug-likeness (QED) is 0.0774. The summed E-state index contributed by atoms with van der Waals surface area (Å²) >= 11 is 0. The fourth-order valence-corrected chi connectivity index (χ4v) is 7.57. The monoisotopic (exact) mass is 818 g/mol. The first-order valence-electron chi connectivity index (χ1n) is 17.9. The summed E-state index contributed by atoms with van der Waals surface area (Å²) in [6.45, 7) is 0.592. The lowest BCUT2D eigenvalue weighted by molar-refractivity contribution is -0.379. The third-order valence-electron chi connectivity index (χ3n) is 10.5. The fraction of sp³-hybridized carbons (Fsp3) is 0.906. The van der Waals surface area contributed by atoms with Gasteiger partial charge in [0.15, 0.2) is 12.6 Å². The first-order chi connectivity index (χ1) is 26.2. The zero-order valence-electron chi connectivity index (χ0n) is 30.6. The number of carboxylic acids is 1. The minimum absolute atomic E-state index is 0.366. The molecule has 56 heavy (non-hydrogen) atoms. The van der Waals surface area contributed by atoms with E-state index in [9.17, 15) is 80.8 Å². The zero-order chi connectivity index (χ0) is 42.0. The number of aliphatic hydroxyl groups is 12. The summed E-state index contributed by atoms with van der Waals surface area (Å²) in [7, 11) is 0. The second-order valence-corrected chi connectivity index (χ2v) is 14.5. The molecule has 21 atom stereocenters. The normalized spacial score (nSPS) is 45.7. The molecular weight excluding hydrogens is 764 g/mol. The highest BCUT2D eigenvalue weighted by Crippen LogP contribution is 2.40. The Hall–Kier alpha value is -2.31. The van der Waals surface area contributed by atoms with Gasteiger partial charge in [0, 0.05) is 26.2 Å². The number of carboxylic acid groups (broad SMARTS) is 1. The van der Waals surface area contributed by atoms with Crippen LogP contribution < -0.4 is 10.6 Å². The van der Waals surface area contributed by atoms with Gasteiger partial charge in [0.2, 0.25) is 11.8 Å². The van der Waals surface area contributed by atoms with Crippen molar-refractivity contribution in [3.8, 4) is 0 Å². The van der Waals surface area contributed by atoms with Crippen molar-refractivity contribution < 1.29 is 109 Å². The second-order valence-electron chi connectivity index (χ2n) is 14.5. The number of carbonyl (C=O) groups excluding carboxylic acids is 2. The van der Waals surface area contributed by atoms with E-state index in [1.807, 2.05) is 0 Å². The van der Waals surface area contributed by atoms with Crippen LogP contribution in [0.2, 0.25) is 0 Å². The molecule has 324 valence electrons. The Kier molecular flexibility index (Phi) is 15.9. The van der Waals surface area contributed by atoms with E-state index in [0.717, 1.165) is 13.8 Å². The van der Waals surface area contributed by atoms with Crippen LogP contribution in [0, 0.1) is 5.92 Å². The summed E-state index contributed by atoms with van der Waals surface area (Å²) in [4.78, 5) is 37.1. The van der Waals surface area contributed by atoms with Gasteiger partial charge >= 0.3 is 5.97 Å². The summed E-state index contributed by atoms with van der Waals surface area (Å²) in [5.74, 6) is -7.84. The summed E-state index contributed by atoms with van der Waals surface area (Å²) in [6, 6.07) is -3.14. The van der Waals surface area contributed by atoms with Crippen molar-refractivity contribution in [1.82, 2.24) is 10.6 Å². The molecule has 15 N–H and O–H groups in total. The first-order valence-corrected chi connectivity index (χ1v) is 17.9. The number of hydrogen-bond donors (Lipinski definition) is 15. The molecule has 4 rings (SSSR count). The third kappa shape index (κ3) is 9.75. The molecule has 0 saturated carbocycles. The number of amides is 2. The molecule has 24 heteroatoms. The van der Waals surface area contributed by atoms with Crippen molar-refractivity contribution in [2.45, 2.75) is 156 Å². The molecule has 4 heterocycles. The lowest BCUT2D eigenvalue weighted by atomic mass is 9.80.